The summed E-state index contributed by atoms with van der Waals surface area (Å²) in [7, 11) is -4.77. The number of phosphoric acid groups is 1. The van der Waals surface area contributed by atoms with Crippen molar-refractivity contribution in [3.63, 3.8) is 0 Å². The number of aliphatic hydroxyl groups is 1. The zero-order valence-electron chi connectivity index (χ0n) is 52.7. The number of ether oxygens (including phenoxy) is 3. The summed E-state index contributed by atoms with van der Waals surface area (Å²) in [5.74, 6) is -1.49. The zero-order chi connectivity index (χ0) is 59.8. The lowest BCUT2D eigenvalue weighted by Crippen LogP contribution is -2.30. The fraction of sp³-hybridized carbons (Fsp3) is 0.757. The number of hydrogen-bond acceptors (Lipinski definition) is 10. The molecule has 12 heteroatoms. The van der Waals surface area contributed by atoms with E-state index in [1.54, 1.807) is 0 Å². The van der Waals surface area contributed by atoms with Crippen LogP contribution >= 0.6 is 7.82 Å². The van der Waals surface area contributed by atoms with Crippen molar-refractivity contribution >= 4 is 25.7 Å². The molecule has 0 rings (SSSR count). The first-order valence-electron chi connectivity index (χ1n) is 33.5. The molecule has 0 aliphatic carbocycles. The van der Waals surface area contributed by atoms with Crippen molar-refractivity contribution in [1.82, 2.24) is 0 Å². The summed E-state index contributed by atoms with van der Waals surface area (Å²) in [6.07, 6.45) is 75.2. The molecule has 474 valence electrons. The van der Waals surface area contributed by atoms with Gasteiger partial charge in [0, 0.05) is 19.3 Å². The van der Waals surface area contributed by atoms with Gasteiger partial charge < -0.3 is 24.2 Å². The van der Waals surface area contributed by atoms with E-state index in [1.807, 2.05) is 0 Å². The molecule has 0 amide bonds. The Morgan fingerprint density at radius 2 is 0.598 bits per heavy atom. The third kappa shape index (κ3) is 61.2. The van der Waals surface area contributed by atoms with E-state index in [9.17, 15) is 28.9 Å². The topological polar surface area (TPSA) is 155 Å². The van der Waals surface area contributed by atoms with Crippen molar-refractivity contribution in [2.24, 2.45) is 0 Å². The standard InChI is InChI=1S/C70H123O11P/c1-4-7-10-13-16-19-22-25-28-31-33-36-39-42-45-48-51-54-57-60-69(73)80-66(62-71)64-78-82(75,76)79-65-67(63-77-68(72)59-56-53-50-47-44-41-38-35-30-27-24-21-18-15-12-9-6-3)81-70(74)61-58-55-52-49-46-43-40-37-34-32-29-26-23-20-17-14-11-8-5-2/h16-17,19-20,25-30,33-34,36-37,66-67,71H,4-15,18,21-24,31-32,35,38-65H2,1-3H3,(H,75,76)/b19-16-,20-17-,28-25-,29-26-,30-27-,36-33-,37-34-. The van der Waals surface area contributed by atoms with E-state index in [0.29, 0.717) is 19.3 Å². The van der Waals surface area contributed by atoms with Crippen molar-refractivity contribution < 1.29 is 52.2 Å². The first kappa shape index (κ1) is 78.7. The first-order chi connectivity index (χ1) is 40.2. The number of allylic oxidation sites excluding steroid dienone is 14. The van der Waals surface area contributed by atoms with Crippen LogP contribution in [0.3, 0.4) is 0 Å². The monoisotopic (exact) mass is 1170 g/mol. The molecular formula is C70H123O11P. The lowest BCUT2D eigenvalue weighted by Gasteiger charge is -2.21. The van der Waals surface area contributed by atoms with Crippen LogP contribution in [0.5, 0.6) is 0 Å². The van der Waals surface area contributed by atoms with E-state index in [0.717, 1.165) is 128 Å². The van der Waals surface area contributed by atoms with Gasteiger partial charge in [-0.05, 0) is 122 Å². The summed E-state index contributed by atoms with van der Waals surface area (Å²) in [6, 6.07) is 0. The van der Waals surface area contributed by atoms with Gasteiger partial charge in [-0.25, -0.2) is 4.57 Å². The Kier molecular flexibility index (Phi) is 61.1. The van der Waals surface area contributed by atoms with Crippen molar-refractivity contribution in [1.29, 1.82) is 0 Å². The Bertz CT molecular complexity index is 1700. The number of carbonyl (C=O) groups is 3. The SMILES string of the molecule is CCCCC/C=C\C/C=C\C/C=C\CCCCCCCCC(=O)OC(CO)COP(=O)(O)OCC(COC(=O)CCCCCCCCC/C=C\CCCCCCCC)OC(=O)CCCCCCCC/C=C\C/C=C\C/C=C\CCCCC. The van der Waals surface area contributed by atoms with Crippen molar-refractivity contribution in [2.75, 3.05) is 26.4 Å². The van der Waals surface area contributed by atoms with Gasteiger partial charge in [0.05, 0.1) is 19.8 Å². The van der Waals surface area contributed by atoms with Gasteiger partial charge in [-0.3, -0.25) is 23.4 Å². The van der Waals surface area contributed by atoms with Gasteiger partial charge in [0.1, 0.15) is 12.7 Å². The Labute approximate surface area is 502 Å². The lowest BCUT2D eigenvalue weighted by molar-refractivity contribution is -0.161. The van der Waals surface area contributed by atoms with E-state index in [1.165, 1.54) is 116 Å². The molecule has 0 aliphatic heterocycles. The number of unbranched alkanes of at least 4 members (excludes halogenated alkanes) is 31. The van der Waals surface area contributed by atoms with Gasteiger partial charge in [-0.15, -0.1) is 0 Å². The summed E-state index contributed by atoms with van der Waals surface area (Å²) in [5.41, 5.74) is 0. The van der Waals surface area contributed by atoms with Gasteiger partial charge in [-0.1, -0.05) is 247 Å². The predicted molar refractivity (Wildman–Crippen MR) is 344 cm³/mol. The molecule has 0 fully saturated rings. The minimum absolute atomic E-state index is 0.149. The third-order valence-electron chi connectivity index (χ3n) is 14.3. The van der Waals surface area contributed by atoms with Crippen LogP contribution in [0.25, 0.3) is 0 Å². The van der Waals surface area contributed by atoms with Crippen LogP contribution < -0.4 is 0 Å². The maximum atomic E-state index is 13.0. The van der Waals surface area contributed by atoms with Crippen LogP contribution in [0.15, 0.2) is 85.1 Å². The molecule has 11 nitrogen and oxygen atoms in total. The summed E-state index contributed by atoms with van der Waals surface area (Å²) < 4.78 is 39.7. The highest BCUT2D eigenvalue weighted by molar-refractivity contribution is 7.47. The van der Waals surface area contributed by atoms with E-state index in [2.05, 4.69) is 106 Å². The van der Waals surface area contributed by atoms with Crippen LogP contribution in [0.2, 0.25) is 0 Å². The summed E-state index contributed by atoms with van der Waals surface area (Å²) >= 11 is 0. The van der Waals surface area contributed by atoms with E-state index in [-0.39, 0.29) is 25.9 Å². The summed E-state index contributed by atoms with van der Waals surface area (Å²) in [5, 5.41) is 9.87. The maximum Gasteiger partial charge on any atom is 0.472 e. The van der Waals surface area contributed by atoms with Gasteiger partial charge in [0.15, 0.2) is 6.10 Å². The minimum Gasteiger partial charge on any atom is -0.462 e. The molecule has 0 bridgehead atoms. The van der Waals surface area contributed by atoms with Gasteiger partial charge in [0.2, 0.25) is 0 Å². The molecule has 0 radical (unpaired) electrons. The number of esters is 3. The second-order valence-electron chi connectivity index (χ2n) is 22.3. The zero-order valence-corrected chi connectivity index (χ0v) is 53.6. The molecule has 3 unspecified atom stereocenters. The highest BCUT2D eigenvalue weighted by atomic mass is 31.2. The smallest absolute Gasteiger partial charge is 0.462 e. The highest BCUT2D eigenvalue weighted by Crippen LogP contribution is 2.43. The van der Waals surface area contributed by atoms with E-state index in [4.69, 9.17) is 23.3 Å². The van der Waals surface area contributed by atoms with Crippen molar-refractivity contribution in [3.05, 3.63) is 85.1 Å². The van der Waals surface area contributed by atoms with E-state index >= 15 is 0 Å². The molecule has 0 saturated heterocycles. The maximum absolute atomic E-state index is 13.0. The van der Waals surface area contributed by atoms with Gasteiger partial charge >= 0.3 is 25.7 Å². The molecule has 0 aromatic rings. The van der Waals surface area contributed by atoms with Gasteiger partial charge in [-0.2, -0.15) is 0 Å². The highest BCUT2D eigenvalue weighted by Gasteiger charge is 2.28. The molecule has 0 aromatic heterocycles. The number of carbonyl (C=O) groups excluding carboxylic acids is 3. The number of hydrogen-bond donors (Lipinski definition) is 2. The Hall–Kier alpha value is -3.34. The number of aliphatic hydroxyl groups excluding tert-OH is 1. The average Bonchev–Trinajstić information content (AvgIpc) is 3.47. The molecule has 2 N–H and O–H groups in total. The molecule has 0 saturated carbocycles. The third-order valence-corrected chi connectivity index (χ3v) is 15.2. The normalized spacial score (nSPS) is 13.8. The second-order valence-corrected chi connectivity index (χ2v) is 23.7. The number of phosphoric ester groups is 1. The fourth-order valence-electron chi connectivity index (χ4n) is 9.13. The Morgan fingerprint density at radius 3 is 0.951 bits per heavy atom. The van der Waals surface area contributed by atoms with Crippen LogP contribution in [-0.2, 0) is 42.2 Å². The Morgan fingerprint density at radius 1 is 0.341 bits per heavy atom. The van der Waals surface area contributed by atoms with E-state index < -0.39 is 57.8 Å². The van der Waals surface area contributed by atoms with Crippen LogP contribution in [0, 0.1) is 0 Å². The Balaban J connectivity index is 4.72. The fourth-order valence-corrected chi connectivity index (χ4v) is 9.91. The minimum atomic E-state index is -4.77. The molecule has 0 aromatic carbocycles. The molecule has 3 atom stereocenters. The molecule has 0 aliphatic rings. The summed E-state index contributed by atoms with van der Waals surface area (Å²) in [6.45, 7) is 4.59. The van der Waals surface area contributed by atoms with Crippen LogP contribution in [0.4, 0.5) is 0 Å². The predicted octanol–water partition coefficient (Wildman–Crippen LogP) is 20.6. The molecule has 82 heavy (non-hydrogen) atoms. The largest absolute Gasteiger partial charge is 0.472 e. The molecule has 0 spiro atoms. The van der Waals surface area contributed by atoms with Gasteiger partial charge in [0.25, 0.3) is 0 Å². The average molecular weight is 1170 g/mol. The summed E-state index contributed by atoms with van der Waals surface area (Å²) in [4.78, 5) is 48.8. The van der Waals surface area contributed by atoms with Crippen molar-refractivity contribution in [2.45, 2.75) is 315 Å². The van der Waals surface area contributed by atoms with Crippen LogP contribution in [0.1, 0.15) is 303 Å². The lowest BCUT2D eigenvalue weighted by atomic mass is 10.1. The molecule has 0 heterocycles. The first-order valence-corrected chi connectivity index (χ1v) is 35.0. The molecular weight excluding hydrogens is 1050 g/mol. The number of rotatable bonds is 62. The van der Waals surface area contributed by atoms with Crippen molar-refractivity contribution in [3.8, 4) is 0 Å². The second kappa shape index (κ2) is 63.7. The quantitative estimate of drug-likeness (QED) is 0.0197. The van der Waals surface area contributed by atoms with Crippen LogP contribution in [-0.4, -0.2) is 66.5 Å².